The maximum Gasteiger partial charge on any atom is 0.335 e. The third kappa shape index (κ3) is 3.74. The van der Waals surface area contributed by atoms with Crippen molar-refractivity contribution in [1.82, 2.24) is 5.32 Å². The summed E-state index contributed by atoms with van der Waals surface area (Å²) in [6.45, 7) is 2.21. The molecule has 24 heavy (non-hydrogen) atoms. The highest BCUT2D eigenvalue weighted by atomic mass is 16.6. The summed E-state index contributed by atoms with van der Waals surface area (Å²) in [5, 5.41) is 5.10. The Labute approximate surface area is 140 Å². The van der Waals surface area contributed by atoms with Crippen molar-refractivity contribution in [3.8, 4) is 0 Å². The van der Waals surface area contributed by atoms with Crippen molar-refractivity contribution < 1.29 is 19.1 Å². The molecule has 0 unspecified atom stereocenters. The number of amides is 1. The second kappa shape index (κ2) is 7.45. The fourth-order valence-corrected chi connectivity index (χ4v) is 2.98. The van der Waals surface area contributed by atoms with Crippen molar-refractivity contribution >= 4 is 22.6 Å². The highest BCUT2D eigenvalue weighted by Gasteiger charge is 2.25. The van der Waals surface area contributed by atoms with Gasteiger partial charge in [-0.1, -0.05) is 42.5 Å². The topological polar surface area (TPSA) is 64.6 Å². The number of carbonyl (C=O) groups excluding carboxylic acids is 2. The van der Waals surface area contributed by atoms with E-state index in [1.54, 1.807) is 0 Å². The van der Waals surface area contributed by atoms with Crippen LogP contribution < -0.4 is 5.32 Å². The van der Waals surface area contributed by atoms with Gasteiger partial charge in [0, 0.05) is 6.61 Å². The SMILES string of the molecule is C[C@@H](NC(=O)COC(=O)[C@@H]1CCCO1)c1cccc2ccccc12. The van der Waals surface area contributed by atoms with Crippen LogP contribution in [0.15, 0.2) is 42.5 Å². The molecular weight excluding hydrogens is 306 g/mol. The Morgan fingerprint density at radius 1 is 1.25 bits per heavy atom. The first kappa shape index (κ1) is 16.5. The third-order valence-electron chi connectivity index (χ3n) is 4.21. The van der Waals surface area contributed by atoms with E-state index in [2.05, 4.69) is 5.32 Å². The quantitative estimate of drug-likeness (QED) is 0.858. The summed E-state index contributed by atoms with van der Waals surface area (Å²) in [4.78, 5) is 23.8. The Balaban J connectivity index is 1.58. The summed E-state index contributed by atoms with van der Waals surface area (Å²) in [7, 11) is 0. The largest absolute Gasteiger partial charge is 0.454 e. The first-order chi connectivity index (χ1) is 11.6. The molecule has 1 saturated heterocycles. The molecule has 1 fully saturated rings. The Hall–Kier alpha value is -2.40. The van der Waals surface area contributed by atoms with Gasteiger partial charge in [0.1, 0.15) is 0 Å². The van der Waals surface area contributed by atoms with Gasteiger partial charge in [0.05, 0.1) is 6.04 Å². The molecule has 1 amide bonds. The van der Waals surface area contributed by atoms with E-state index in [4.69, 9.17) is 9.47 Å². The zero-order valence-corrected chi connectivity index (χ0v) is 13.7. The summed E-state index contributed by atoms with van der Waals surface area (Å²) in [5.41, 5.74) is 1.03. The van der Waals surface area contributed by atoms with Crippen LogP contribution in [0.25, 0.3) is 10.8 Å². The molecule has 1 heterocycles. The number of hydrogen-bond donors (Lipinski definition) is 1. The van der Waals surface area contributed by atoms with Gasteiger partial charge in [-0.2, -0.15) is 0 Å². The molecule has 3 rings (SSSR count). The average molecular weight is 327 g/mol. The number of hydrogen-bond acceptors (Lipinski definition) is 4. The minimum Gasteiger partial charge on any atom is -0.454 e. The van der Waals surface area contributed by atoms with E-state index >= 15 is 0 Å². The number of ether oxygens (including phenoxy) is 2. The fraction of sp³-hybridized carbons (Fsp3) is 0.368. The zero-order chi connectivity index (χ0) is 16.9. The molecule has 1 N–H and O–H groups in total. The lowest BCUT2D eigenvalue weighted by atomic mass is 10.00. The Bertz CT molecular complexity index is 732. The maximum absolute atomic E-state index is 12.1. The van der Waals surface area contributed by atoms with Crippen LogP contribution in [0.3, 0.4) is 0 Å². The number of fused-ring (bicyclic) bond motifs is 1. The summed E-state index contributed by atoms with van der Waals surface area (Å²) in [5.74, 6) is -0.776. The zero-order valence-electron chi connectivity index (χ0n) is 13.7. The maximum atomic E-state index is 12.1. The van der Waals surface area contributed by atoms with Crippen LogP contribution in [0.5, 0.6) is 0 Å². The number of nitrogens with one attached hydrogen (secondary N) is 1. The lowest BCUT2D eigenvalue weighted by Crippen LogP contribution is -2.33. The molecule has 5 nitrogen and oxygen atoms in total. The van der Waals surface area contributed by atoms with Gasteiger partial charge in [-0.3, -0.25) is 4.79 Å². The normalized spacial score (nSPS) is 18.3. The van der Waals surface area contributed by atoms with Crippen molar-refractivity contribution in [2.45, 2.75) is 31.9 Å². The van der Waals surface area contributed by atoms with Crippen LogP contribution >= 0.6 is 0 Å². The number of rotatable bonds is 5. The van der Waals surface area contributed by atoms with Crippen molar-refractivity contribution in [3.63, 3.8) is 0 Å². The molecule has 0 bridgehead atoms. The second-order valence-corrected chi connectivity index (χ2v) is 5.97. The predicted octanol–water partition coefficient (Wildman–Crippen LogP) is 2.74. The molecule has 2 aromatic carbocycles. The van der Waals surface area contributed by atoms with Crippen molar-refractivity contribution in [3.05, 3.63) is 48.0 Å². The van der Waals surface area contributed by atoms with E-state index < -0.39 is 12.1 Å². The van der Waals surface area contributed by atoms with Gasteiger partial charge in [-0.05, 0) is 36.1 Å². The smallest absolute Gasteiger partial charge is 0.335 e. The fourth-order valence-electron chi connectivity index (χ4n) is 2.98. The van der Waals surface area contributed by atoms with Gasteiger partial charge in [0.25, 0.3) is 5.91 Å². The standard InChI is InChI=1S/C19H21NO4/c1-13(15-9-4-7-14-6-2-3-8-16(14)15)20-18(21)12-24-19(22)17-10-5-11-23-17/h2-4,6-9,13,17H,5,10-12H2,1H3,(H,20,21)/t13-,17+/m1/s1. The second-order valence-electron chi connectivity index (χ2n) is 5.97. The molecule has 0 aliphatic carbocycles. The van der Waals surface area contributed by atoms with E-state index in [1.807, 2.05) is 49.4 Å². The highest BCUT2D eigenvalue weighted by molar-refractivity contribution is 5.87. The molecule has 1 aliphatic heterocycles. The van der Waals surface area contributed by atoms with Crippen molar-refractivity contribution in [2.75, 3.05) is 13.2 Å². The summed E-state index contributed by atoms with van der Waals surface area (Å²) in [6.07, 6.45) is 0.991. The monoisotopic (exact) mass is 327 g/mol. The Morgan fingerprint density at radius 2 is 2.04 bits per heavy atom. The number of esters is 1. The van der Waals surface area contributed by atoms with E-state index in [1.165, 1.54) is 0 Å². The molecule has 0 radical (unpaired) electrons. The van der Waals surface area contributed by atoms with E-state index in [0.29, 0.717) is 13.0 Å². The van der Waals surface area contributed by atoms with Gasteiger partial charge in [-0.15, -0.1) is 0 Å². The van der Waals surface area contributed by atoms with Crippen LogP contribution in [0, 0.1) is 0 Å². The van der Waals surface area contributed by atoms with Crippen LogP contribution in [-0.2, 0) is 19.1 Å². The number of carbonyl (C=O) groups is 2. The lowest BCUT2D eigenvalue weighted by Gasteiger charge is -2.17. The van der Waals surface area contributed by atoms with Gasteiger partial charge < -0.3 is 14.8 Å². The van der Waals surface area contributed by atoms with Crippen LogP contribution in [-0.4, -0.2) is 31.2 Å². The van der Waals surface area contributed by atoms with Gasteiger partial charge >= 0.3 is 5.97 Å². The van der Waals surface area contributed by atoms with Crippen LogP contribution in [0.1, 0.15) is 31.4 Å². The highest BCUT2D eigenvalue weighted by Crippen LogP contribution is 2.24. The van der Waals surface area contributed by atoms with E-state index in [0.717, 1.165) is 22.8 Å². The van der Waals surface area contributed by atoms with Crippen molar-refractivity contribution in [1.29, 1.82) is 0 Å². The van der Waals surface area contributed by atoms with E-state index in [9.17, 15) is 9.59 Å². The molecule has 0 aromatic heterocycles. The first-order valence-electron chi connectivity index (χ1n) is 8.20. The molecule has 0 saturated carbocycles. The third-order valence-corrected chi connectivity index (χ3v) is 4.21. The minimum atomic E-state index is -0.520. The minimum absolute atomic E-state index is 0.176. The Morgan fingerprint density at radius 3 is 2.83 bits per heavy atom. The molecule has 0 spiro atoms. The Kier molecular flexibility index (Phi) is 5.11. The molecule has 2 atom stereocenters. The van der Waals surface area contributed by atoms with Crippen LogP contribution in [0.4, 0.5) is 0 Å². The molecule has 5 heteroatoms. The molecule has 1 aliphatic rings. The molecule has 2 aromatic rings. The van der Waals surface area contributed by atoms with Gasteiger partial charge in [0.15, 0.2) is 12.7 Å². The number of benzene rings is 2. The molecular formula is C19H21NO4. The molecule has 126 valence electrons. The van der Waals surface area contributed by atoms with Crippen molar-refractivity contribution in [2.24, 2.45) is 0 Å². The summed E-state index contributed by atoms with van der Waals surface area (Å²) >= 11 is 0. The first-order valence-corrected chi connectivity index (χ1v) is 8.20. The summed E-state index contributed by atoms with van der Waals surface area (Å²) < 4.78 is 10.3. The van der Waals surface area contributed by atoms with E-state index in [-0.39, 0.29) is 18.6 Å². The average Bonchev–Trinajstić information content (AvgIpc) is 3.14. The van der Waals surface area contributed by atoms with Gasteiger partial charge in [0.2, 0.25) is 0 Å². The summed E-state index contributed by atoms with van der Waals surface area (Å²) in [6, 6.07) is 13.9. The lowest BCUT2D eigenvalue weighted by molar-refractivity contribution is -0.157. The van der Waals surface area contributed by atoms with Gasteiger partial charge in [-0.25, -0.2) is 4.79 Å². The predicted molar refractivity (Wildman–Crippen MR) is 90.4 cm³/mol. The van der Waals surface area contributed by atoms with Crippen LogP contribution in [0.2, 0.25) is 0 Å².